The van der Waals surface area contributed by atoms with Crippen molar-refractivity contribution in [2.24, 2.45) is 0 Å². The summed E-state index contributed by atoms with van der Waals surface area (Å²) in [5, 5.41) is 12.3. The Labute approximate surface area is 92.9 Å². The van der Waals surface area contributed by atoms with Gasteiger partial charge in [-0.1, -0.05) is 13.0 Å². The molecule has 0 heterocycles. The zero-order chi connectivity index (χ0) is 11.5. The van der Waals surface area contributed by atoms with Crippen molar-refractivity contribution in [3.05, 3.63) is 12.7 Å². The average Bonchev–Trinajstić information content (AvgIpc) is 2.24. The molecule has 90 valence electrons. The molecule has 0 amide bonds. The molecule has 0 fully saturated rings. The predicted octanol–water partition coefficient (Wildman–Crippen LogP) is 0.0912. The van der Waals surface area contributed by atoms with Crippen LogP contribution in [0.3, 0.4) is 0 Å². The van der Waals surface area contributed by atoms with E-state index in [1.165, 1.54) is 0 Å². The van der Waals surface area contributed by atoms with Crippen LogP contribution in [0.15, 0.2) is 12.7 Å². The van der Waals surface area contributed by atoms with E-state index in [4.69, 9.17) is 9.84 Å². The minimum Gasteiger partial charge on any atom is -0.395 e. The molecule has 0 aromatic heterocycles. The molecule has 0 spiro atoms. The van der Waals surface area contributed by atoms with Crippen LogP contribution >= 0.6 is 0 Å². The second-order valence-corrected chi connectivity index (χ2v) is 3.42. The molecule has 2 N–H and O–H groups in total. The van der Waals surface area contributed by atoms with Crippen LogP contribution in [-0.2, 0) is 4.74 Å². The Kier molecular flexibility index (Phi) is 9.83. The Morgan fingerprint density at radius 1 is 1.60 bits per heavy atom. The van der Waals surface area contributed by atoms with Gasteiger partial charge in [0.1, 0.15) is 0 Å². The molecule has 0 aromatic carbocycles. The summed E-state index contributed by atoms with van der Waals surface area (Å²) in [5.41, 5.74) is 0. The number of methoxy groups -OCH3 is 1. The monoisotopic (exact) mass is 216 g/mol. The van der Waals surface area contributed by atoms with Crippen LogP contribution in [0.5, 0.6) is 0 Å². The number of ether oxygens (including phenoxy) is 1. The first-order chi connectivity index (χ1) is 7.29. The van der Waals surface area contributed by atoms with Crippen molar-refractivity contribution in [1.29, 1.82) is 0 Å². The molecule has 0 rings (SSSR count). The molecule has 0 radical (unpaired) electrons. The molecule has 0 saturated carbocycles. The summed E-state index contributed by atoms with van der Waals surface area (Å²) in [4.78, 5) is 2.17. The normalized spacial score (nSPS) is 13.1. The van der Waals surface area contributed by atoms with Crippen LogP contribution in [0.25, 0.3) is 0 Å². The van der Waals surface area contributed by atoms with Gasteiger partial charge in [0.05, 0.1) is 13.2 Å². The van der Waals surface area contributed by atoms with Crippen molar-refractivity contribution in [3.63, 3.8) is 0 Å². The number of nitrogens with zero attached hydrogens (tertiary/aromatic N) is 1. The minimum absolute atomic E-state index is 0.167. The topological polar surface area (TPSA) is 44.7 Å². The van der Waals surface area contributed by atoms with Crippen molar-refractivity contribution in [2.45, 2.75) is 13.0 Å². The summed E-state index contributed by atoms with van der Waals surface area (Å²) >= 11 is 0. The molecule has 1 atom stereocenters. The molecule has 15 heavy (non-hydrogen) atoms. The summed E-state index contributed by atoms with van der Waals surface area (Å²) < 4.78 is 5.18. The molecular formula is C11H24N2O2. The van der Waals surface area contributed by atoms with Gasteiger partial charge < -0.3 is 15.2 Å². The lowest BCUT2D eigenvalue weighted by molar-refractivity contribution is 0.0840. The van der Waals surface area contributed by atoms with Gasteiger partial charge in [0.25, 0.3) is 0 Å². The Morgan fingerprint density at radius 2 is 2.33 bits per heavy atom. The van der Waals surface area contributed by atoms with E-state index in [1.54, 1.807) is 7.11 Å². The number of hydrogen-bond donors (Lipinski definition) is 2. The SMILES string of the molecule is C=CCN(CCO)C(CNCC)COC. The number of aliphatic hydroxyl groups is 1. The van der Waals surface area contributed by atoms with E-state index in [9.17, 15) is 0 Å². The van der Waals surface area contributed by atoms with Crippen LogP contribution < -0.4 is 5.32 Å². The summed E-state index contributed by atoms with van der Waals surface area (Å²) in [6.45, 7) is 9.89. The molecule has 0 bridgehead atoms. The molecule has 4 nitrogen and oxygen atoms in total. The van der Waals surface area contributed by atoms with E-state index in [2.05, 4.69) is 23.7 Å². The summed E-state index contributed by atoms with van der Waals surface area (Å²) in [6, 6.07) is 0.292. The molecule has 0 aromatic rings. The van der Waals surface area contributed by atoms with E-state index in [1.807, 2.05) is 6.08 Å². The van der Waals surface area contributed by atoms with E-state index >= 15 is 0 Å². The van der Waals surface area contributed by atoms with Crippen LogP contribution in [-0.4, -0.2) is 62.6 Å². The average molecular weight is 216 g/mol. The maximum Gasteiger partial charge on any atom is 0.0630 e. The van der Waals surface area contributed by atoms with Crippen molar-refractivity contribution >= 4 is 0 Å². The lowest BCUT2D eigenvalue weighted by Gasteiger charge is -2.29. The molecule has 4 heteroatoms. The fourth-order valence-electron chi connectivity index (χ4n) is 1.51. The van der Waals surface area contributed by atoms with Gasteiger partial charge in [-0.2, -0.15) is 0 Å². The summed E-state index contributed by atoms with van der Waals surface area (Å²) in [7, 11) is 1.70. The first kappa shape index (κ1) is 14.6. The van der Waals surface area contributed by atoms with Crippen LogP contribution in [0.4, 0.5) is 0 Å². The minimum atomic E-state index is 0.167. The largest absolute Gasteiger partial charge is 0.395 e. The van der Waals surface area contributed by atoms with Gasteiger partial charge in [0.2, 0.25) is 0 Å². The molecule has 1 unspecified atom stereocenters. The fraction of sp³-hybridized carbons (Fsp3) is 0.818. The van der Waals surface area contributed by atoms with E-state index in [-0.39, 0.29) is 6.61 Å². The van der Waals surface area contributed by atoms with E-state index < -0.39 is 0 Å². The maximum atomic E-state index is 8.97. The highest BCUT2D eigenvalue weighted by atomic mass is 16.5. The Bertz CT molecular complexity index is 154. The predicted molar refractivity (Wildman–Crippen MR) is 63.1 cm³/mol. The maximum absolute atomic E-state index is 8.97. The van der Waals surface area contributed by atoms with Gasteiger partial charge in [0, 0.05) is 32.8 Å². The van der Waals surface area contributed by atoms with Crippen molar-refractivity contribution in [1.82, 2.24) is 10.2 Å². The highest BCUT2D eigenvalue weighted by Crippen LogP contribution is 1.99. The lowest BCUT2D eigenvalue weighted by Crippen LogP contribution is -2.46. The number of rotatable bonds is 10. The summed E-state index contributed by atoms with van der Waals surface area (Å²) in [5.74, 6) is 0. The van der Waals surface area contributed by atoms with Gasteiger partial charge in [-0.05, 0) is 6.54 Å². The molecule has 0 saturated heterocycles. The molecule has 0 aliphatic rings. The zero-order valence-electron chi connectivity index (χ0n) is 9.91. The Balaban J connectivity index is 4.15. The zero-order valence-corrected chi connectivity index (χ0v) is 9.91. The highest BCUT2D eigenvalue weighted by molar-refractivity contribution is 4.80. The van der Waals surface area contributed by atoms with Crippen LogP contribution in [0.1, 0.15) is 6.92 Å². The third-order valence-electron chi connectivity index (χ3n) is 2.26. The van der Waals surface area contributed by atoms with Crippen molar-refractivity contribution < 1.29 is 9.84 Å². The number of nitrogens with one attached hydrogen (secondary N) is 1. The van der Waals surface area contributed by atoms with Crippen LogP contribution in [0.2, 0.25) is 0 Å². The second kappa shape index (κ2) is 10.1. The molecule has 0 aliphatic carbocycles. The Morgan fingerprint density at radius 3 is 2.80 bits per heavy atom. The van der Waals surface area contributed by atoms with Gasteiger partial charge >= 0.3 is 0 Å². The smallest absolute Gasteiger partial charge is 0.0630 e. The van der Waals surface area contributed by atoms with Crippen molar-refractivity contribution in [3.8, 4) is 0 Å². The van der Waals surface area contributed by atoms with Crippen molar-refractivity contribution in [2.75, 3.05) is 46.5 Å². The van der Waals surface area contributed by atoms with E-state index in [0.29, 0.717) is 19.2 Å². The number of aliphatic hydroxyl groups excluding tert-OH is 1. The lowest BCUT2D eigenvalue weighted by atomic mass is 10.2. The highest BCUT2D eigenvalue weighted by Gasteiger charge is 2.15. The van der Waals surface area contributed by atoms with Gasteiger partial charge in [-0.3, -0.25) is 4.90 Å². The second-order valence-electron chi connectivity index (χ2n) is 3.42. The number of likely N-dealkylation sites (N-methyl/N-ethyl adjacent to an activating group) is 1. The first-order valence-corrected chi connectivity index (χ1v) is 5.45. The molecular weight excluding hydrogens is 192 g/mol. The molecule has 0 aliphatic heterocycles. The third-order valence-corrected chi connectivity index (χ3v) is 2.26. The summed E-state index contributed by atoms with van der Waals surface area (Å²) in [6.07, 6.45) is 1.85. The first-order valence-electron chi connectivity index (χ1n) is 5.45. The van der Waals surface area contributed by atoms with Gasteiger partial charge in [0.15, 0.2) is 0 Å². The van der Waals surface area contributed by atoms with E-state index in [0.717, 1.165) is 19.6 Å². The van der Waals surface area contributed by atoms with Gasteiger partial charge in [-0.15, -0.1) is 6.58 Å². The third kappa shape index (κ3) is 6.62. The number of hydrogen-bond acceptors (Lipinski definition) is 4. The fourth-order valence-corrected chi connectivity index (χ4v) is 1.51. The quantitative estimate of drug-likeness (QED) is 0.508. The van der Waals surface area contributed by atoms with Crippen LogP contribution in [0, 0.1) is 0 Å². The Hall–Kier alpha value is -0.420. The van der Waals surface area contributed by atoms with Gasteiger partial charge in [-0.25, -0.2) is 0 Å². The standard InChI is InChI=1S/C11H24N2O2/c1-4-6-13(7-8-14)11(10-15-3)9-12-5-2/h4,11-12,14H,1,5-10H2,2-3H3.